The van der Waals surface area contributed by atoms with Crippen molar-refractivity contribution in [3.05, 3.63) is 53.1 Å². The zero-order valence-electron chi connectivity index (χ0n) is 13.6. The lowest BCUT2D eigenvalue weighted by Gasteiger charge is -2.06. The van der Waals surface area contributed by atoms with Gasteiger partial charge in [-0.1, -0.05) is 11.3 Å². The highest BCUT2D eigenvalue weighted by Crippen LogP contribution is 2.29. The molecule has 0 unspecified atom stereocenters. The second-order valence-electron chi connectivity index (χ2n) is 5.52. The molecule has 0 bridgehead atoms. The molecule has 0 saturated carbocycles. The van der Waals surface area contributed by atoms with Crippen molar-refractivity contribution >= 4 is 48.3 Å². The van der Waals surface area contributed by atoms with E-state index in [1.165, 1.54) is 18.2 Å². The lowest BCUT2D eigenvalue weighted by atomic mass is 10.1. The summed E-state index contributed by atoms with van der Waals surface area (Å²) in [5.41, 5.74) is 3.77. The Morgan fingerprint density at radius 1 is 1.19 bits per heavy atom. The molecule has 140 valence electrons. The van der Waals surface area contributed by atoms with Gasteiger partial charge in [0.25, 0.3) is 11.8 Å². The van der Waals surface area contributed by atoms with Crippen molar-refractivity contribution in [1.29, 1.82) is 0 Å². The van der Waals surface area contributed by atoms with Gasteiger partial charge in [-0.15, -0.1) is 0 Å². The number of hydrogen-bond donors (Lipinski definition) is 2. The average molecular weight is 411 g/mol. The van der Waals surface area contributed by atoms with Crippen LogP contribution in [0.4, 0.5) is 13.9 Å². The molecule has 0 atom stereocenters. The maximum atomic E-state index is 14.2. The third-order valence-electron chi connectivity index (χ3n) is 3.59. The van der Waals surface area contributed by atoms with Gasteiger partial charge in [-0.3, -0.25) is 14.9 Å². The number of thiazole rings is 1. The Balaban J connectivity index is 1.95. The molecule has 2 amide bonds. The standard InChI is InChI=1S/C16H11F2N3O4S2/c1-27(24,25)7-2-5-10-11(6-7)26-16(20-10)21-15(23)8-3-4-9(17)12(13(8)18)14(19)22/h2-6H,1H3,(H2,19,22)(H,20,21,23). The molecule has 3 rings (SSSR count). The second-order valence-corrected chi connectivity index (χ2v) is 8.57. The topological polar surface area (TPSA) is 119 Å². The smallest absolute Gasteiger partial charge is 0.260 e. The predicted octanol–water partition coefficient (Wildman–Crippen LogP) is 2.33. The zero-order valence-corrected chi connectivity index (χ0v) is 15.2. The molecular formula is C16H11F2N3O4S2. The van der Waals surface area contributed by atoms with E-state index in [4.69, 9.17) is 5.73 Å². The fourth-order valence-corrected chi connectivity index (χ4v) is 3.93. The summed E-state index contributed by atoms with van der Waals surface area (Å²) in [7, 11) is -3.41. The number of primary amides is 1. The molecule has 3 N–H and O–H groups in total. The third kappa shape index (κ3) is 3.64. The molecule has 0 fully saturated rings. The quantitative estimate of drug-likeness (QED) is 0.683. The van der Waals surface area contributed by atoms with Gasteiger partial charge < -0.3 is 5.73 Å². The Morgan fingerprint density at radius 2 is 1.89 bits per heavy atom. The van der Waals surface area contributed by atoms with Gasteiger partial charge >= 0.3 is 0 Å². The molecule has 1 heterocycles. The number of sulfone groups is 1. The van der Waals surface area contributed by atoms with E-state index in [1.807, 2.05) is 0 Å². The van der Waals surface area contributed by atoms with Gasteiger partial charge in [-0.05, 0) is 30.3 Å². The summed E-state index contributed by atoms with van der Waals surface area (Å²) in [6.07, 6.45) is 1.06. The third-order valence-corrected chi connectivity index (χ3v) is 5.63. The van der Waals surface area contributed by atoms with E-state index in [0.29, 0.717) is 10.2 Å². The van der Waals surface area contributed by atoms with Gasteiger partial charge in [0.1, 0.15) is 11.4 Å². The van der Waals surface area contributed by atoms with Crippen LogP contribution in [-0.2, 0) is 9.84 Å². The molecule has 1 aromatic heterocycles. The molecule has 7 nitrogen and oxygen atoms in total. The summed E-state index contributed by atoms with van der Waals surface area (Å²) in [5.74, 6) is -4.85. The summed E-state index contributed by atoms with van der Waals surface area (Å²) in [6, 6.07) is 5.89. The van der Waals surface area contributed by atoms with E-state index < -0.39 is 44.4 Å². The first-order valence-electron chi connectivity index (χ1n) is 7.27. The first-order chi connectivity index (χ1) is 12.6. The molecule has 2 aromatic carbocycles. The van der Waals surface area contributed by atoms with Crippen LogP contribution in [0.1, 0.15) is 20.7 Å². The van der Waals surface area contributed by atoms with Crippen molar-refractivity contribution in [2.45, 2.75) is 4.90 Å². The molecular weight excluding hydrogens is 400 g/mol. The van der Waals surface area contributed by atoms with Crippen molar-refractivity contribution < 1.29 is 26.8 Å². The van der Waals surface area contributed by atoms with Crippen LogP contribution in [0.15, 0.2) is 35.2 Å². The number of nitrogens with one attached hydrogen (secondary N) is 1. The van der Waals surface area contributed by atoms with Gasteiger partial charge in [0.05, 0.1) is 20.7 Å². The van der Waals surface area contributed by atoms with Crippen LogP contribution in [0.25, 0.3) is 10.2 Å². The summed E-state index contributed by atoms with van der Waals surface area (Å²) >= 11 is 0.974. The van der Waals surface area contributed by atoms with Gasteiger partial charge in [0.15, 0.2) is 20.8 Å². The van der Waals surface area contributed by atoms with Crippen LogP contribution in [0.3, 0.4) is 0 Å². The van der Waals surface area contributed by atoms with E-state index >= 15 is 0 Å². The fourth-order valence-electron chi connectivity index (χ4n) is 2.31. The number of amides is 2. The lowest BCUT2D eigenvalue weighted by molar-refractivity contribution is 0.0992. The van der Waals surface area contributed by atoms with Crippen LogP contribution in [0.2, 0.25) is 0 Å². The number of benzene rings is 2. The highest BCUT2D eigenvalue weighted by Gasteiger charge is 2.23. The van der Waals surface area contributed by atoms with Crippen molar-refractivity contribution in [2.75, 3.05) is 11.6 Å². The van der Waals surface area contributed by atoms with E-state index in [0.717, 1.165) is 29.7 Å². The number of nitrogens with two attached hydrogens (primary N) is 1. The molecule has 0 saturated heterocycles. The fraction of sp³-hybridized carbons (Fsp3) is 0.0625. The van der Waals surface area contributed by atoms with Gasteiger partial charge in [0.2, 0.25) is 0 Å². The van der Waals surface area contributed by atoms with Crippen molar-refractivity contribution in [3.8, 4) is 0 Å². The van der Waals surface area contributed by atoms with Crippen LogP contribution in [-0.4, -0.2) is 31.5 Å². The van der Waals surface area contributed by atoms with E-state index in [9.17, 15) is 26.8 Å². The number of rotatable bonds is 4. The van der Waals surface area contributed by atoms with Crippen LogP contribution in [0, 0.1) is 11.6 Å². The van der Waals surface area contributed by atoms with Crippen molar-refractivity contribution in [1.82, 2.24) is 4.98 Å². The maximum Gasteiger partial charge on any atom is 0.260 e. The minimum atomic E-state index is -3.41. The van der Waals surface area contributed by atoms with Gasteiger partial charge in [-0.25, -0.2) is 22.2 Å². The number of hydrogen-bond acceptors (Lipinski definition) is 6. The molecule has 27 heavy (non-hydrogen) atoms. The Hall–Kier alpha value is -2.92. The van der Waals surface area contributed by atoms with Crippen molar-refractivity contribution in [3.63, 3.8) is 0 Å². The number of fused-ring (bicyclic) bond motifs is 1. The monoisotopic (exact) mass is 411 g/mol. The molecule has 0 aliphatic carbocycles. The van der Waals surface area contributed by atoms with E-state index in [1.54, 1.807) is 0 Å². The second kappa shape index (κ2) is 6.67. The molecule has 0 spiro atoms. The number of carbonyl (C=O) groups excluding carboxylic acids is 2. The Kier molecular flexibility index (Phi) is 4.66. The number of anilines is 1. The van der Waals surface area contributed by atoms with Gasteiger partial charge in [-0.2, -0.15) is 0 Å². The Labute approximate surface area is 155 Å². The average Bonchev–Trinajstić information content (AvgIpc) is 2.94. The highest BCUT2D eigenvalue weighted by molar-refractivity contribution is 7.90. The number of nitrogens with zero attached hydrogens (tertiary/aromatic N) is 1. The Morgan fingerprint density at radius 3 is 2.52 bits per heavy atom. The number of halogens is 2. The Bertz CT molecular complexity index is 1210. The van der Waals surface area contributed by atoms with Crippen LogP contribution in [0.5, 0.6) is 0 Å². The van der Waals surface area contributed by atoms with Crippen LogP contribution >= 0.6 is 11.3 Å². The van der Waals surface area contributed by atoms with E-state index in [-0.39, 0.29) is 10.0 Å². The van der Waals surface area contributed by atoms with Crippen molar-refractivity contribution in [2.24, 2.45) is 5.73 Å². The van der Waals surface area contributed by atoms with E-state index in [2.05, 4.69) is 10.3 Å². The SMILES string of the molecule is CS(=O)(=O)c1ccc2nc(NC(=O)c3ccc(F)c(C(N)=O)c3F)sc2c1. The maximum absolute atomic E-state index is 14.2. The molecule has 0 radical (unpaired) electrons. The molecule has 0 aliphatic heterocycles. The summed E-state index contributed by atoms with van der Waals surface area (Å²) in [5, 5.41) is 2.41. The minimum Gasteiger partial charge on any atom is -0.365 e. The molecule has 0 aliphatic rings. The number of aromatic nitrogens is 1. The first-order valence-corrected chi connectivity index (χ1v) is 9.98. The highest BCUT2D eigenvalue weighted by atomic mass is 32.2. The largest absolute Gasteiger partial charge is 0.365 e. The summed E-state index contributed by atoms with van der Waals surface area (Å²) in [6.45, 7) is 0. The molecule has 11 heteroatoms. The predicted molar refractivity (Wildman–Crippen MR) is 95.6 cm³/mol. The summed E-state index contributed by atoms with van der Waals surface area (Å²) in [4.78, 5) is 27.6. The zero-order chi connectivity index (χ0) is 19.9. The number of carbonyl (C=O) groups is 2. The molecule has 3 aromatic rings. The lowest BCUT2D eigenvalue weighted by Crippen LogP contribution is -2.20. The van der Waals surface area contributed by atoms with Gasteiger partial charge in [0, 0.05) is 6.26 Å². The normalized spacial score (nSPS) is 11.5. The minimum absolute atomic E-state index is 0.0741. The van der Waals surface area contributed by atoms with Crippen LogP contribution < -0.4 is 11.1 Å². The first kappa shape index (κ1) is 18.9. The summed E-state index contributed by atoms with van der Waals surface area (Å²) < 4.78 is 51.5.